The molecule has 0 fully saturated rings. The molecule has 9 nitrogen and oxygen atoms in total. The molecule has 0 aliphatic carbocycles. The first-order valence-electron chi connectivity index (χ1n) is 9.10. The second kappa shape index (κ2) is 15.4. The SMILES string of the molecule is CCCOCC(COCCC(=O)OC)(COCCC(=O)OC)NC(=O)CC. The highest BCUT2D eigenvalue weighted by Crippen LogP contribution is 2.11. The normalized spacial score (nSPS) is 11.1. The third-order valence-electron chi connectivity index (χ3n) is 3.57. The highest BCUT2D eigenvalue weighted by atomic mass is 16.5. The maximum absolute atomic E-state index is 12.0. The molecule has 0 atom stereocenters. The number of rotatable bonds is 16. The Hall–Kier alpha value is -1.71. The van der Waals surface area contributed by atoms with Crippen molar-refractivity contribution < 1.29 is 38.1 Å². The van der Waals surface area contributed by atoms with Gasteiger partial charge in [-0.25, -0.2) is 0 Å². The Balaban J connectivity index is 4.88. The van der Waals surface area contributed by atoms with E-state index < -0.39 is 5.54 Å². The largest absolute Gasteiger partial charge is 0.469 e. The lowest BCUT2D eigenvalue weighted by Crippen LogP contribution is -2.58. The smallest absolute Gasteiger partial charge is 0.307 e. The van der Waals surface area contributed by atoms with Gasteiger partial charge in [-0.05, 0) is 6.42 Å². The molecule has 0 heterocycles. The molecule has 0 aliphatic rings. The molecule has 158 valence electrons. The standard InChI is InChI=1S/C18H33NO8/c1-5-9-25-12-18(19-15(20)6-2,13-26-10-7-16(21)23-3)14-27-11-8-17(22)24-4/h5-14H2,1-4H3,(H,19,20). The molecule has 1 N–H and O–H groups in total. The molecule has 0 bridgehead atoms. The first-order chi connectivity index (χ1) is 12.9. The Morgan fingerprint density at radius 1 is 0.778 bits per heavy atom. The molecule has 0 saturated heterocycles. The van der Waals surface area contributed by atoms with Gasteiger partial charge in [0.2, 0.25) is 5.91 Å². The Morgan fingerprint density at radius 2 is 1.22 bits per heavy atom. The van der Waals surface area contributed by atoms with Crippen LogP contribution in [0.1, 0.15) is 39.5 Å². The summed E-state index contributed by atoms with van der Waals surface area (Å²) in [6.45, 7) is 4.90. The maximum Gasteiger partial charge on any atom is 0.307 e. The number of hydrogen-bond acceptors (Lipinski definition) is 8. The van der Waals surface area contributed by atoms with E-state index in [1.165, 1.54) is 14.2 Å². The summed E-state index contributed by atoms with van der Waals surface area (Å²) in [6, 6.07) is 0. The van der Waals surface area contributed by atoms with Crippen molar-refractivity contribution in [3.63, 3.8) is 0 Å². The van der Waals surface area contributed by atoms with Crippen LogP contribution in [0.3, 0.4) is 0 Å². The number of carbonyl (C=O) groups is 3. The van der Waals surface area contributed by atoms with E-state index in [1.54, 1.807) is 6.92 Å². The minimum Gasteiger partial charge on any atom is -0.469 e. The van der Waals surface area contributed by atoms with Crippen molar-refractivity contribution in [2.75, 3.05) is 53.9 Å². The zero-order valence-electron chi connectivity index (χ0n) is 16.8. The molecule has 0 saturated carbocycles. The summed E-state index contributed by atoms with van der Waals surface area (Å²) >= 11 is 0. The molecule has 0 rings (SSSR count). The first kappa shape index (κ1) is 25.3. The Morgan fingerprint density at radius 3 is 1.59 bits per heavy atom. The third kappa shape index (κ3) is 12.3. The van der Waals surface area contributed by atoms with Crippen molar-refractivity contribution in [3.05, 3.63) is 0 Å². The number of carbonyl (C=O) groups excluding carboxylic acids is 3. The lowest BCUT2D eigenvalue weighted by atomic mass is 10.0. The molecule has 0 aromatic carbocycles. The van der Waals surface area contributed by atoms with Crippen molar-refractivity contribution in [2.24, 2.45) is 0 Å². The molecular formula is C18H33NO8. The van der Waals surface area contributed by atoms with Crippen LogP contribution in [0, 0.1) is 0 Å². The van der Waals surface area contributed by atoms with E-state index >= 15 is 0 Å². The quantitative estimate of drug-likeness (QED) is 0.304. The average molecular weight is 391 g/mol. The zero-order valence-corrected chi connectivity index (χ0v) is 16.8. The lowest BCUT2D eigenvalue weighted by molar-refractivity contribution is -0.143. The van der Waals surface area contributed by atoms with Gasteiger partial charge in [0.05, 0.1) is 60.1 Å². The molecule has 0 aromatic heterocycles. The average Bonchev–Trinajstić information content (AvgIpc) is 2.68. The fourth-order valence-corrected chi connectivity index (χ4v) is 2.08. The summed E-state index contributed by atoms with van der Waals surface area (Å²) in [7, 11) is 2.61. The number of hydrogen-bond donors (Lipinski definition) is 1. The highest BCUT2D eigenvalue weighted by molar-refractivity contribution is 5.76. The van der Waals surface area contributed by atoms with E-state index in [9.17, 15) is 14.4 Å². The van der Waals surface area contributed by atoms with E-state index in [1.807, 2.05) is 6.92 Å². The van der Waals surface area contributed by atoms with Crippen LogP contribution >= 0.6 is 0 Å². The van der Waals surface area contributed by atoms with Crippen LogP contribution in [0.4, 0.5) is 0 Å². The summed E-state index contributed by atoms with van der Waals surface area (Å²) in [4.78, 5) is 34.4. The van der Waals surface area contributed by atoms with Gasteiger partial charge < -0.3 is 29.0 Å². The van der Waals surface area contributed by atoms with Gasteiger partial charge in [-0.3, -0.25) is 14.4 Å². The van der Waals surface area contributed by atoms with Crippen LogP contribution in [0.25, 0.3) is 0 Å². The van der Waals surface area contributed by atoms with Crippen LogP contribution < -0.4 is 5.32 Å². The van der Waals surface area contributed by atoms with Crippen molar-refractivity contribution >= 4 is 17.8 Å². The minimum absolute atomic E-state index is 0.0949. The summed E-state index contributed by atoms with van der Waals surface area (Å²) in [6.07, 6.45) is 1.32. The Kier molecular flexibility index (Phi) is 14.4. The van der Waals surface area contributed by atoms with Crippen LogP contribution in [-0.4, -0.2) is 77.2 Å². The summed E-state index contributed by atoms with van der Waals surface area (Å²) < 4.78 is 25.9. The Bertz CT molecular complexity index is 417. The van der Waals surface area contributed by atoms with Crippen molar-refractivity contribution in [2.45, 2.75) is 45.1 Å². The molecule has 27 heavy (non-hydrogen) atoms. The number of ether oxygens (including phenoxy) is 5. The van der Waals surface area contributed by atoms with Gasteiger partial charge in [0.15, 0.2) is 0 Å². The molecule has 0 radical (unpaired) electrons. The summed E-state index contributed by atoms with van der Waals surface area (Å²) in [5.74, 6) is -0.937. The fourth-order valence-electron chi connectivity index (χ4n) is 2.08. The molecule has 0 aliphatic heterocycles. The van der Waals surface area contributed by atoms with E-state index in [0.717, 1.165) is 6.42 Å². The van der Waals surface area contributed by atoms with E-state index in [2.05, 4.69) is 14.8 Å². The minimum atomic E-state index is -0.922. The number of esters is 2. The van der Waals surface area contributed by atoms with Crippen LogP contribution in [0.2, 0.25) is 0 Å². The predicted molar refractivity (Wildman–Crippen MR) is 97.2 cm³/mol. The van der Waals surface area contributed by atoms with E-state index in [-0.39, 0.29) is 63.7 Å². The monoisotopic (exact) mass is 391 g/mol. The third-order valence-corrected chi connectivity index (χ3v) is 3.57. The maximum atomic E-state index is 12.0. The Labute approximate surface area is 161 Å². The summed E-state index contributed by atoms with van der Waals surface area (Å²) in [5.41, 5.74) is -0.922. The van der Waals surface area contributed by atoms with Gasteiger partial charge in [-0.2, -0.15) is 0 Å². The van der Waals surface area contributed by atoms with Gasteiger partial charge in [-0.15, -0.1) is 0 Å². The number of methoxy groups -OCH3 is 2. The van der Waals surface area contributed by atoms with Crippen molar-refractivity contribution in [1.29, 1.82) is 0 Å². The van der Waals surface area contributed by atoms with Gasteiger partial charge in [0, 0.05) is 13.0 Å². The number of nitrogens with one attached hydrogen (secondary N) is 1. The van der Waals surface area contributed by atoms with Gasteiger partial charge in [0.1, 0.15) is 5.54 Å². The van der Waals surface area contributed by atoms with Gasteiger partial charge in [0.25, 0.3) is 0 Å². The van der Waals surface area contributed by atoms with E-state index in [4.69, 9.17) is 14.2 Å². The molecule has 9 heteroatoms. The molecule has 0 spiro atoms. The van der Waals surface area contributed by atoms with Gasteiger partial charge >= 0.3 is 11.9 Å². The highest BCUT2D eigenvalue weighted by Gasteiger charge is 2.33. The molecular weight excluding hydrogens is 358 g/mol. The number of amides is 1. The van der Waals surface area contributed by atoms with Crippen LogP contribution in [-0.2, 0) is 38.1 Å². The molecule has 0 unspecified atom stereocenters. The second-order valence-electron chi connectivity index (χ2n) is 5.99. The van der Waals surface area contributed by atoms with Crippen LogP contribution in [0.15, 0.2) is 0 Å². The summed E-state index contributed by atoms with van der Waals surface area (Å²) in [5, 5.41) is 2.90. The zero-order chi connectivity index (χ0) is 20.5. The molecule has 1 amide bonds. The predicted octanol–water partition coefficient (Wildman–Crippen LogP) is 0.837. The first-order valence-corrected chi connectivity index (χ1v) is 9.10. The second-order valence-corrected chi connectivity index (χ2v) is 5.99. The van der Waals surface area contributed by atoms with E-state index in [0.29, 0.717) is 13.0 Å². The molecule has 0 aromatic rings. The van der Waals surface area contributed by atoms with Crippen LogP contribution in [0.5, 0.6) is 0 Å². The lowest BCUT2D eigenvalue weighted by Gasteiger charge is -2.34. The van der Waals surface area contributed by atoms with Crippen molar-refractivity contribution in [1.82, 2.24) is 5.32 Å². The van der Waals surface area contributed by atoms with Gasteiger partial charge in [-0.1, -0.05) is 13.8 Å². The fraction of sp³-hybridized carbons (Fsp3) is 0.833. The van der Waals surface area contributed by atoms with Crippen molar-refractivity contribution in [3.8, 4) is 0 Å². The topological polar surface area (TPSA) is 109 Å².